The van der Waals surface area contributed by atoms with Crippen molar-refractivity contribution in [2.75, 3.05) is 18.7 Å². The van der Waals surface area contributed by atoms with Crippen LogP contribution in [0.1, 0.15) is 10.4 Å². The van der Waals surface area contributed by atoms with Crippen LogP contribution in [0.15, 0.2) is 42.5 Å². The van der Waals surface area contributed by atoms with Crippen molar-refractivity contribution in [1.29, 1.82) is 0 Å². The molecule has 1 aliphatic rings. The highest BCUT2D eigenvalue weighted by Crippen LogP contribution is 2.32. The Hall–Kier alpha value is -2.29. The number of carbonyl (C=O) groups is 2. The van der Waals surface area contributed by atoms with Gasteiger partial charge in [-0.1, -0.05) is 6.07 Å². The molecule has 0 atom stereocenters. The summed E-state index contributed by atoms with van der Waals surface area (Å²) in [6.45, 7) is -0.231. The highest BCUT2D eigenvalue weighted by molar-refractivity contribution is 14.1. The van der Waals surface area contributed by atoms with Gasteiger partial charge in [0.25, 0.3) is 5.91 Å². The van der Waals surface area contributed by atoms with Gasteiger partial charge in [-0.2, -0.15) is 0 Å². The summed E-state index contributed by atoms with van der Waals surface area (Å²) in [6, 6.07) is 12.0. The van der Waals surface area contributed by atoms with Crippen LogP contribution in [-0.4, -0.2) is 25.3 Å². The lowest BCUT2D eigenvalue weighted by Crippen LogP contribution is -2.20. The van der Waals surface area contributed by atoms with Crippen molar-refractivity contribution >= 4 is 40.2 Å². The summed E-state index contributed by atoms with van der Waals surface area (Å²) in [7, 11) is 0. The topological polar surface area (TPSA) is 73.9 Å². The van der Waals surface area contributed by atoms with E-state index in [0.717, 1.165) is 3.57 Å². The Morgan fingerprint density at radius 2 is 1.96 bits per heavy atom. The molecule has 1 aliphatic heterocycles. The largest absolute Gasteiger partial charge is 0.454 e. The lowest BCUT2D eigenvalue weighted by molar-refractivity contribution is -0.119. The second-order valence-corrected chi connectivity index (χ2v) is 5.95. The zero-order valence-electron chi connectivity index (χ0n) is 11.9. The van der Waals surface area contributed by atoms with Crippen LogP contribution in [0.3, 0.4) is 0 Å². The maximum Gasteiger partial charge on any atom is 0.338 e. The molecule has 0 aliphatic carbocycles. The summed E-state index contributed by atoms with van der Waals surface area (Å²) in [6.07, 6.45) is 0. The van der Waals surface area contributed by atoms with Crippen molar-refractivity contribution in [2.45, 2.75) is 0 Å². The van der Waals surface area contributed by atoms with Crippen LogP contribution in [0.2, 0.25) is 0 Å². The van der Waals surface area contributed by atoms with Gasteiger partial charge in [-0.3, -0.25) is 4.79 Å². The zero-order chi connectivity index (χ0) is 16.2. The molecule has 1 amide bonds. The molecule has 0 bridgehead atoms. The van der Waals surface area contributed by atoms with E-state index in [0.29, 0.717) is 22.7 Å². The number of esters is 1. The van der Waals surface area contributed by atoms with Gasteiger partial charge in [0.05, 0.1) is 5.56 Å². The van der Waals surface area contributed by atoms with Crippen LogP contribution in [-0.2, 0) is 9.53 Å². The number of halogens is 1. The van der Waals surface area contributed by atoms with E-state index in [9.17, 15) is 9.59 Å². The fourth-order valence-corrected chi connectivity index (χ4v) is 2.54. The standard InChI is InChI=1S/C16H12INO5/c17-11-2-1-3-12(7-11)18-15(19)8-21-16(20)10-4-5-13-14(6-10)23-9-22-13/h1-7H,8-9H2,(H,18,19). The number of carbonyl (C=O) groups excluding carboxylic acids is 2. The molecular formula is C16H12INO5. The number of rotatable bonds is 4. The van der Waals surface area contributed by atoms with E-state index in [1.165, 1.54) is 6.07 Å². The maximum absolute atomic E-state index is 12.0. The molecule has 0 saturated carbocycles. The third kappa shape index (κ3) is 3.92. The van der Waals surface area contributed by atoms with Gasteiger partial charge in [0.15, 0.2) is 18.1 Å². The van der Waals surface area contributed by atoms with Crippen LogP contribution in [0, 0.1) is 3.57 Å². The van der Waals surface area contributed by atoms with E-state index in [1.54, 1.807) is 18.2 Å². The highest BCUT2D eigenvalue weighted by atomic mass is 127. The molecule has 0 aromatic heterocycles. The van der Waals surface area contributed by atoms with E-state index in [4.69, 9.17) is 14.2 Å². The third-order valence-electron chi connectivity index (χ3n) is 3.05. The first kappa shape index (κ1) is 15.6. The second kappa shape index (κ2) is 6.86. The number of ether oxygens (including phenoxy) is 3. The van der Waals surface area contributed by atoms with E-state index in [1.807, 2.05) is 18.2 Å². The quantitative estimate of drug-likeness (QED) is 0.603. The molecule has 23 heavy (non-hydrogen) atoms. The van der Waals surface area contributed by atoms with Crippen LogP contribution in [0.25, 0.3) is 0 Å². The molecule has 0 radical (unpaired) electrons. The smallest absolute Gasteiger partial charge is 0.338 e. The van der Waals surface area contributed by atoms with Gasteiger partial charge in [-0.05, 0) is 59.0 Å². The van der Waals surface area contributed by atoms with Gasteiger partial charge >= 0.3 is 5.97 Å². The molecule has 6 nitrogen and oxygen atoms in total. The average molecular weight is 425 g/mol. The Morgan fingerprint density at radius 3 is 2.78 bits per heavy atom. The summed E-state index contributed by atoms with van der Waals surface area (Å²) in [4.78, 5) is 23.8. The highest BCUT2D eigenvalue weighted by Gasteiger charge is 2.17. The van der Waals surface area contributed by atoms with E-state index in [2.05, 4.69) is 27.9 Å². The van der Waals surface area contributed by atoms with Crippen molar-refractivity contribution < 1.29 is 23.8 Å². The predicted molar refractivity (Wildman–Crippen MR) is 90.6 cm³/mol. The molecule has 1 N–H and O–H groups in total. The predicted octanol–water partition coefficient (Wildman–Crippen LogP) is 2.82. The number of amides is 1. The first-order chi connectivity index (χ1) is 11.1. The Balaban J connectivity index is 1.55. The molecule has 1 heterocycles. The molecule has 0 spiro atoms. The molecule has 0 fully saturated rings. The van der Waals surface area contributed by atoms with Gasteiger partial charge < -0.3 is 19.5 Å². The van der Waals surface area contributed by atoms with Gasteiger partial charge in [0.2, 0.25) is 6.79 Å². The summed E-state index contributed by atoms with van der Waals surface area (Å²) in [5.74, 6) is 0.0721. The van der Waals surface area contributed by atoms with Gasteiger partial charge in [-0.25, -0.2) is 4.79 Å². The van der Waals surface area contributed by atoms with Gasteiger partial charge in [0, 0.05) is 9.26 Å². The Morgan fingerprint density at radius 1 is 1.13 bits per heavy atom. The minimum atomic E-state index is -0.596. The SMILES string of the molecule is O=C(COC(=O)c1ccc2c(c1)OCO2)Nc1cccc(I)c1. The summed E-state index contributed by atoms with van der Waals surface area (Å²) >= 11 is 2.15. The molecular weight excluding hydrogens is 413 g/mol. The summed E-state index contributed by atoms with van der Waals surface area (Å²) < 4.78 is 16.4. The second-order valence-electron chi connectivity index (χ2n) is 4.70. The van der Waals surface area contributed by atoms with Crippen molar-refractivity contribution in [3.63, 3.8) is 0 Å². The van der Waals surface area contributed by atoms with Gasteiger partial charge in [-0.15, -0.1) is 0 Å². The molecule has 0 unspecified atom stereocenters. The fourth-order valence-electron chi connectivity index (χ4n) is 2.00. The van der Waals surface area contributed by atoms with Crippen LogP contribution >= 0.6 is 22.6 Å². The Bertz CT molecular complexity index is 762. The van der Waals surface area contributed by atoms with E-state index >= 15 is 0 Å². The van der Waals surface area contributed by atoms with Gasteiger partial charge in [0.1, 0.15) is 0 Å². The number of hydrogen-bond acceptors (Lipinski definition) is 5. The van der Waals surface area contributed by atoms with E-state index < -0.39 is 11.9 Å². The molecule has 7 heteroatoms. The lowest BCUT2D eigenvalue weighted by atomic mass is 10.2. The van der Waals surface area contributed by atoms with Crippen LogP contribution in [0.4, 0.5) is 5.69 Å². The van der Waals surface area contributed by atoms with Crippen molar-refractivity contribution in [3.8, 4) is 11.5 Å². The molecule has 118 valence electrons. The minimum absolute atomic E-state index is 0.131. The number of hydrogen-bond donors (Lipinski definition) is 1. The number of fused-ring (bicyclic) bond motifs is 1. The molecule has 3 rings (SSSR count). The van der Waals surface area contributed by atoms with Crippen LogP contribution < -0.4 is 14.8 Å². The van der Waals surface area contributed by atoms with Crippen molar-refractivity contribution in [1.82, 2.24) is 0 Å². The minimum Gasteiger partial charge on any atom is -0.454 e. The summed E-state index contributed by atoms with van der Waals surface area (Å²) in [5, 5.41) is 2.67. The van der Waals surface area contributed by atoms with E-state index in [-0.39, 0.29) is 13.4 Å². The first-order valence-electron chi connectivity index (χ1n) is 6.74. The molecule has 0 saturated heterocycles. The molecule has 2 aromatic rings. The van der Waals surface area contributed by atoms with Crippen molar-refractivity contribution in [2.24, 2.45) is 0 Å². The molecule has 2 aromatic carbocycles. The third-order valence-corrected chi connectivity index (χ3v) is 3.72. The Kier molecular flexibility index (Phi) is 4.65. The van der Waals surface area contributed by atoms with Crippen LogP contribution in [0.5, 0.6) is 11.5 Å². The fraction of sp³-hybridized carbons (Fsp3) is 0.125. The monoisotopic (exact) mass is 425 g/mol. The Labute approximate surface area is 145 Å². The first-order valence-corrected chi connectivity index (χ1v) is 7.82. The maximum atomic E-state index is 12.0. The van der Waals surface area contributed by atoms with Crippen molar-refractivity contribution in [3.05, 3.63) is 51.6 Å². The zero-order valence-corrected chi connectivity index (χ0v) is 14.0. The normalized spacial score (nSPS) is 11.9. The lowest BCUT2D eigenvalue weighted by Gasteiger charge is -2.07. The number of benzene rings is 2. The average Bonchev–Trinajstić information content (AvgIpc) is 3.00. The summed E-state index contributed by atoms with van der Waals surface area (Å²) in [5.41, 5.74) is 0.956. The number of anilines is 1. The number of nitrogens with one attached hydrogen (secondary N) is 1.